The molecule has 184 valence electrons. The van der Waals surface area contributed by atoms with Gasteiger partial charge in [0.1, 0.15) is 5.75 Å². The maximum Gasteiger partial charge on any atom is 0.270 e. The molecule has 9 heteroatoms. The molecule has 7 nitrogen and oxygen atoms in total. The molecule has 0 saturated carbocycles. The fourth-order valence-electron chi connectivity index (χ4n) is 3.47. The molecule has 3 aromatic rings. The van der Waals surface area contributed by atoms with Crippen molar-refractivity contribution in [3.8, 4) is 17.2 Å². The fourth-order valence-corrected chi connectivity index (χ4v) is 4.77. The summed E-state index contributed by atoms with van der Waals surface area (Å²) in [5.41, 5.74) is 3.18. The molecule has 2 amide bonds. The van der Waals surface area contributed by atoms with Gasteiger partial charge in [-0.2, -0.15) is 0 Å². The van der Waals surface area contributed by atoms with E-state index in [0.717, 1.165) is 16.8 Å². The first kappa shape index (κ1) is 25.3. The van der Waals surface area contributed by atoms with Crippen molar-refractivity contribution in [2.45, 2.75) is 6.92 Å². The first-order valence-corrected chi connectivity index (χ1v) is 12.2. The van der Waals surface area contributed by atoms with E-state index in [1.165, 1.54) is 23.8 Å². The van der Waals surface area contributed by atoms with Crippen LogP contribution in [-0.4, -0.2) is 37.0 Å². The molecular weight excluding hydrogens is 496 g/mol. The van der Waals surface area contributed by atoms with Crippen molar-refractivity contribution >= 4 is 57.6 Å². The molecule has 36 heavy (non-hydrogen) atoms. The Labute approximate surface area is 219 Å². The molecule has 0 aromatic heterocycles. The van der Waals surface area contributed by atoms with Gasteiger partial charge in [-0.05, 0) is 55.0 Å². The maximum absolute atomic E-state index is 13.0. The van der Waals surface area contributed by atoms with Crippen LogP contribution in [0.5, 0.6) is 17.2 Å². The molecule has 0 bridgehead atoms. The second-order valence-electron chi connectivity index (χ2n) is 7.83. The molecule has 3 aromatic carbocycles. The lowest BCUT2D eigenvalue weighted by Crippen LogP contribution is -2.27. The highest BCUT2D eigenvalue weighted by Crippen LogP contribution is 2.37. The number of amides is 2. The number of aryl methyl sites for hydroxylation is 1. The molecule has 0 spiro atoms. The number of benzene rings is 3. The van der Waals surface area contributed by atoms with Gasteiger partial charge in [0.25, 0.3) is 11.8 Å². The van der Waals surface area contributed by atoms with Crippen molar-refractivity contribution in [2.75, 3.05) is 31.0 Å². The minimum absolute atomic E-state index is 0.178. The van der Waals surface area contributed by atoms with Crippen molar-refractivity contribution in [1.82, 2.24) is 0 Å². The topological polar surface area (TPSA) is 77.1 Å². The Morgan fingerprint density at radius 2 is 1.81 bits per heavy atom. The van der Waals surface area contributed by atoms with Gasteiger partial charge in [0.05, 0.1) is 24.8 Å². The normalized spacial score (nSPS) is 14.2. The van der Waals surface area contributed by atoms with E-state index >= 15 is 0 Å². The monoisotopic (exact) mass is 520 g/mol. The average molecular weight is 521 g/mol. The van der Waals surface area contributed by atoms with Crippen molar-refractivity contribution in [1.29, 1.82) is 0 Å². The minimum Gasteiger partial charge on any atom is -0.497 e. The molecule has 1 aliphatic heterocycles. The summed E-state index contributed by atoms with van der Waals surface area (Å²) in [4.78, 5) is 27.4. The molecular formula is C27H24N2O5S2. The first-order valence-electron chi connectivity index (χ1n) is 11.0. The number of nitrogens with zero attached hydrogens (tertiary/aromatic N) is 1. The molecule has 1 saturated heterocycles. The number of thioether (sulfide) groups is 1. The van der Waals surface area contributed by atoms with Gasteiger partial charge < -0.3 is 19.5 Å². The number of carbonyl (C=O) groups is 2. The zero-order valence-corrected chi connectivity index (χ0v) is 21.6. The van der Waals surface area contributed by atoms with Crippen LogP contribution in [0.2, 0.25) is 0 Å². The number of nitrogens with one attached hydrogen (secondary N) is 1. The second-order valence-corrected chi connectivity index (χ2v) is 9.51. The first-order chi connectivity index (χ1) is 17.4. The molecule has 0 atom stereocenters. The summed E-state index contributed by atoms with van der Waals surface area (Å²) in [6, 6.07) is 19.9. The number of ether oxygens (including phenoxy) is 3. The van der Waals surface area contributed by atoms with Crippen molar-refractivity contribution < 1.29 is 23.8 Å². The van der Waals surface area contributed by atoms with E-state index in [-0.39, 0.29) is 18.4 Å². The quantitative estimate of drug-likeness (QED) is 0.313. The summed E-state index contributed by atoms with van der Waals surface area (Å²) < 4.78 is 16.8. The van der Waals surface area contributed by atoms with Gasteiger partial charge in [-0.3, -0.25) is 14.5 Å². The van der Waals surface area contributed by atoms with Crippen molar-refractivity contribution in [3.63, 3.8) is 0 Å². The highest BCUT2D eigenvalue weighted by molar-refractivity contribution is 8.27. The van der Waals surface area contributed by atoms with Crippen LogP contribution in [0.1, 0.15) is 11.1 Å². The van der Waals surface area contributed by atoms with Gasteiger partial charge in [-0.25, -0.2) is 0 Å². The molecule has 1 heterocycles. The zero-order valence-electron chi connectivity index (χ0n) is 19.9. The number of hydrogen-bond donors (Lipinski definition) is 1. The third kappa shape index (κ3) is 5.87. The smallest absolute Gasteiger partial charge is 0.270 e. The molecule has 1 N–H and O–H groups in total. The summed E-state index contributed by atoms with van der Waals surface area (Å²) in [6.45, 7) is 1.78. The van der Waals surface area contributed by atoms with Crippen LogP contribution in [-0.2, 0) is 9.59 Å². The van der Waals surface area contributed by atoms with E-state index in [9.17, 15) is 9.59 Å². The number of carbonyl (C=O) groups excluding carboxylic acids is 2. The highest BCUT2D eigenvalue weighted by Gasteiger charge is 2.33. The van der Waals surface area contributed by atoms with Gasteiger partial charge in [-0.15, -0.1) is 0 Å². The van der Waals surface area contributed by atoms with E-state index in [2.05, 4.69) is 5.32 Å². The Morgan fingerprint density at radius 3 is 2.53 bits per heavy atom. The lowest BCUT2D eigenvalue weighted by molar-refractivity contribution is -0.118. The largest absolute Gasteiger partial charge is 0.497 e. The molecule has 1 aliphatic rings. The molecule has 0 aliphatic carbocycles. The summed E-state index contributed by atoms with van der Waals surface area (Å²) in [5, 5.41) is 2.76. The Kier molecular flexibility index (Phi) is 7.92. The third-order valence-electron chi connectivity index (χ3n) is 5.28. The Balaban J connectivity index is 1.44. The molecule has 0 unspecified atom stereocenters. The van der Waals surface area contributed by atoms with E-state index in [4.69, 9.17) is 26.4 Å². The van der Waals surface area contributed by atoms with Crippen LogP contribution in [0, 0.1) is 6.92 Å². The molecule has 1 fully saturated rings. The highest BCUT2D eigenvalue weighted by atomic mass is 32.2. The van der Waals surface area contributed by atoms with Crippen LogP contribution in [0.15, 0.2) is 71.6 Å². The van der Waals surface area contributed by atoms with Crippen molar-refractivity contribution in [2.24, 2.45) is 0 Å². The number of hydrogen-bond acceptors (Lipinski definition) is 7. The van der Waals surface area contributed by atoms with Gasteiger partial charge in [-0.1, -0.05) is 53.8 Å². The van der Waals surface area contributed by atoms with E-state index < -0.39 is 0 Å². The number of methoxy groups -OCH3 is 2. The molecule has 4 rings (SSSR count). The summed E-state index contributed by atoms with van der Waals surface area (Å²) in [7, 11) is 3.07. The number of anilines is 2. The fraction of sp³-hybridized carbons (Fsp3) is 0.148. The number of rotatable bonds is 8. The van der Waals surface area contributed by atoms with Gasteiger partial charge >= 0.3 is 0 Å². The Morgan fingerprint density at radius 1 is 1.03 bits per heavy atom. The summed E-state index contributed by atoms with van der Waals surface area (Å²) in [5.74, 6) is 0.980. The summed E-state index contributed by atoms with van der Waals surface area (Å²) >= 11 is 6.70. The molecule has 0 radical (unpaired) electrons. The third-order valence-corrected chi connectivity index (χ3v) is 6.59. The van der Waals surface area contributed by atoms with E-state index in [1.54, 1.807) is 55.7 Å². The predicted octanol–water partition coefficient (Wildman–Crippen LogP) is 5.44. The second kappa shape index (κ2) is 11.3. The Hall–Kier alpha value is -3.82. The number of thiocarbonyl (C=S) groups is 1. The van der Waals surface area contributed by atoms with Crippen LogP contribution in [0.25, 0.3) is 6.08 Å². The maximum atomic E-state index is 13.0. The lowest BCUT2D eigenvalue weighted by Gasteiger charge is -2.14. The van der Waals surface area contributed by atoms with E-state index in [1.807, 2.05) is 31.2 Å². The lowest BCUT2D eigenvalue weighted by atomic mass is 10.1. The Bertz CT molecular complexity index is 1340. The van der Waals surface area contributed by atoms with Crippen molar-refractivity contribution in [3.05, 3.63) is 82.8 Å². The van der Waals surface area contributed by atoms with Crippen LogP contribution in [0.4, 0.5) is 11.4 Å². The van der Waals surface area contributed by atoms with Gasteiger partial charge in [0, 0.05) is 11.8 Å². The van der Waals surface area contributed by atoms with E-state index in [0.29, 0.717) is 32.2 Å². The van der Waals surface area contributed by atoms with Gasteiger partial charge in [0.15, 0.2) is 22.4 Å². The summed E-state index contributed by atoms with van der Waals surface area (Å²) in [6.07, 6.45) is 1.76. The standard InChI is InChI=1S/C27H24N2O5S2/c1-17-7-10-20(11-8-17)29-26(31)24(36-27(29)35)14-18-9-12-22(23(13-18)33-3)34-16-25(30)28-19-5-4-6-21(15-19)32-2/h4-15H,16H2,1-3H3,(H,28,30)/b24-14-. The van der Waals surface area contributed by atoms with Gasteiger partial charge in [0.2, 0.25) is 0 Å². The zero-order chi connectivity index (χ0) is 25.7. The van der Waals surface area contributed by atoms with Crippen LogP contribution < -0.4 is 24.4 Å². The average Bonchev–Trinajstić information content (AvgIpc) is 3.16. The predicted molar refractivity (Wildman–Crippen MR) is 147 cm³/mol. The van der Waals surface area contributed by atoms with Crippen LogP contribution >= 0.6 is 24.0 Å². The SMILES string of the molecule is COc1cccc(NC(=O)COc2ccc(/C=C3\SC(=S)N(c4ccc(C)cc4)C3=O)cc2OC)c1. The van der Waals surface area contributed by atoms with Crippen LogP contribution in [0.3, 0.4) is 0 Å². The minimum atomic E-state index is -0.325.